The maximum atomic E-state index is 12.4. The number of fused-ring (bicyclic) bond motifs is 1. The van der Waals surface area contributed by atoms with Gasteiger partial charge in [0.2, 0.25) is 0 Å². The topological polar surface area (TPSA) is 89.5 Å². The summed E-state index contributed by atoms with van der Waals surface area (Å²) in [7, 11) is 1.52. The molecule has 1 saturated heterocycles. The van der Waals surface area contributed by atoms with E-state index in [9.17, 15) is 9.59 Å². The quantitative estimate of drug-likeness (QED) is 0.444. The first-order chi connectivity index (χ1) is 16.1. The van der Waals surface area contributed by atoms with E-state index in [2.05, 4.69) is 10.5 Å². The molecular weight excluding hydrogens is 422 g/mol. The van der Waals surface area contributed by atoms with Crippen LogP contribution in [0.4, 0.5) is 0 Å². The summed E-state index contributed by atoms with van der Waals surface area (Å²) in [4.78, 5) is 26.4. The molecule has 0 aromatic heterocycles. The van der Waals surface area contributed by atoms with Crippen molar-refractivity contribution in [3.8, 4) is 11.5 Å². The number of amides is 2. The zero-order chi connectivity index (χ0) is 23.0. The third-order valence-corrected chi connectivity index (χ3v) is 5.29. The highest BCUT2D eigenvalue weighted by atomic mass is 16.5. The molecule has 1 N–H and O–H groups in total. The lowest BCUT2D eigenvalue weighted by Crippen LogP contribution is -2.43. The summed E-state index contributed by atoms with van der Waals surface area (Å²) in [6.45, 7) is 2.14. The van der Waals surface area contributed by atoms with E-state index in [0.29, 0.717) is 48.9 Å². The fourth-order valence-corrected chi connectivity index (χ4v) is 3.49. The number of nitrogens with one attached hydrogen (secondary N) is 1. The number of hydrazone groups is 1. The minimum atomic E-state index is -0.300. The van der Waals surface area contributed by atoms with Gasteiger partial charge in [-0.1, -0.05) is 30.3 Å². The van der Waals surface area contributed by atoms with E-state index in [1.807, 2.05) is 36.4 Å². The molecule has 1 heterocycles. The van der Waals surface area contributed by atoms with Crippen molar-refractivity contribution in [2.24, 2.45) is 5.10 Å². The summed E-state index contributed by atoms with van der Waals surface area (Å²) in [6, 6.07) is 18.5. The Kier molecular flexibility index (Phi) is 7.16. The Morgan fingerprint density at radius 3 is 2.61 bits per heavy atom. The number of nitrogens with zero attached hydrogens (tertiary/aromatic N) is 2. The van der Waals surface area contributed by atoms with Crippen LogP contribution in [0, 0.1) is 0 Å². The van der Waals surface area contributed by atoms with Gasteiger partial charge in [-0.05, 0) is 46.7 Å². The normalized spacial score (nSPS) is 13.8. The number of carbonyl (C=O) groups excluding carboxylic acids is 2. The van der Waals surface area contributed by atoms with Crippen LogP contribution in [0.2, 0.25) is 0 Å². The summed E-state index contributed by atoms with van der Waals surface area (Å²) in [5.41, 5.74) is 3.77. The van der Waals surface area contributed by atoms with Crippen molar-refractivity contribution in [1.29, 1.82) is 0 Å². The molecule has 1 aliphatic rings. The van der Waals surface area contributed by atoms with Crippen LogP contribution >= 0.6 is 0 Å². The molecule has 1 aliphatic heterocycles. The van der Waals surface area contributed by atoms with Gasteiger partial charge in [0.25, 0.3) is 11.8 Å². The highest BCUT2D eigenvalue weighted by Gasteiger charge is 2.18. The second kappa shape index (κ2) is 10.6. The molecule has 3 aromatic carbocycles. The Balaban J connectivity index is 1.35. The lowest BCUT2D eigenvalue weighted by Gasteiger charge is -2.26. The number of hydrogen-bond donors (Lipinski definition) is 1. The molecule has 2 amide bonds. The average Bonchev–Trinajstić information content (AvgIpc) is 2.87. The molecule has 0 atom stereocenters. The highest BCUT2D eigenvalue weighted by Crippen LogP contribution is 2.27. The fraction of sp³-hybridized carbons (Fsp3) is 0.240. The molecule has 33 heavy (non-hydrogen) atoms. The second-order valence-electron chi connectivity index (χ2n) is 7.45. The van der Waals surface area contributed by atoms with Crippen molar-refractivity contribution in [3.63, 3.8) is 0 Å². The number of hydrogen-bond acceptors (Lipinski definition) is 6. The molecule has 170 valence electrons. The molecule has 0 saturated carbocycles. The number of carbonyl (C=O) groups is 2. The van der Waals surface area contributed by atoms with Gasteiger partial charge < -0.3 is 19.1 Å². The molecule has 0 unspecified atom stereocenters. The zero-order valence-corrected chi connectivity index (χ0v) is 18.3. The van der Waals surface area contributed by atoms with Gasteiger partial charge in [-0.15, -0.1) is 0 Å². The second-order valence-corrected chi connectivity index (χ2v) is 7.45. The molecule has 8 nitrogen and oxygen atoms in total. The minimum absolute atomic E-state index is 0.0778. The summed E-state index contributed by atoms with van der Waals surface area (Å²) < 4.78 is 16.3. The summed E-state index contributed by atoms with van der Waals surface area (Å²) in [5, 5.41) is 6.10. The number of benzene rings is 3. The number of rotatable bonds is 7. The average molecular weight is 447 g/mol. The van der Waals surface area contributed by atoms with Gasteiger partial charge in [-0.2, -0.15) is 5.10 Å². The van der Waals surface area contributed by atoms with Gasteiger partial charge in [0.05, 0.1) is 26.5 Å². The van der Waals surface area contributed by atoms with Crippen LogP contribution in [0.1, 0.15) is 15.9 Å². The standard InChI is InChI=1S/C25H25N3O5/c1-31-23-14-18(6-9-22(23)33-17-24(29)28-10-12-32-13-11-28)16-26-27-25(30)21-8-7-19-4-2-3-5-20(19)15-21/h2-9,14-16H,10-13,17H2,1H3,(H,27,30)/b26-16-. The Morgan fingerprint density at radius 2 is 1.82 bits per heavy atom. The third-order valence-electron chi connectivity index (χ3n) is 5.29. The van der Waals surface area contributed by atoms with Crippen LogP contribution in [0.5, 0.6) is 11.5 Å². The molecule has 4 rings (SSSR count). The van der Waals surface area contributed by atoms with Gasteiger partial charge in [0.15, 0.2) is 18.1 Å². The SMILES string of the molecule is COc1cc(/C=N\NC(=O)c2ccc3ccccc3c2)ccc1OCC(=O)N1CCOCC1. The van der Waals surface area contributed by atoms with Gasteiger partial charge in [0.1, 0.15) is 0 Å². The van der Waals surface area contributed by atoms with Gasteiger partial charge >= 0.3 is 0 Å². The first-order valence-electron chi connectivity index (χ1n) is 10.6. The predicted octanol–water partition coefficient (Wildman–Crippen LogP) is 2.85. The molecule has 0 aliphatic carbocycles. The van der Waals surface area contributed by atoms with E-state index >= 15 is 0 Å². The number of ether oxygens (including phenoxy) is 3. The number of methoxy groups -OCH3 is 1. The molecular formula is C25H25N3O5. The maximum Gasteiger partial charge on any atom is 0.271 e. The molecule has 3 aromatic rings. The zero-order valence-electron chi connectivity index (χ0n) is 18.3. The summed E-state index contributed by atoms with van der Waals surface area (Å²) in [6.07, 6.45) is 1.52. The van der Waals surface area contributed by atoms with Crippen molar-refractivity contribution in [3.05, 3.63) is 71.8 Å². The van der Waals surface area contributed by atoms with Crippen LogP contribution in [0.3, 0.4) is 0 Å². The van der Waals surface area contributed by atoms with Crippen molar-refractivity contribution in [2.75, 3.05) is 40.0 Å². The van der Waals surface area contributed by atoms with Gasteiger partial charge in [-0.25, -0.2) is 5.43 Å². The molecule has 1 fully saturated rings. The van der Waals surface area contributed by atoms with Crippen molar-refractivity contribution >= 4 is 28.8 Å². The minimum Gasteiger partial charge on any atom is -0.493 e. The van der Waals surface area contributed by atoms with Gasteiger partial charge in [0, 0.05) is 18.7 Å². The van der Waals surface area contributed by atoms with E-state index in [0.717, 1.165) is 10.8 Å². The van der Waals surface area contributed by atoms with Gasteiger partial charge in [-0.3, -0.25) is 9.59 Å². The fourth-order valence-electron chi connectivity index (χ4n) is 3.49. The maximum absolute atomic E-state index is 12.4. The van der Waals surface area contributed by atoms with Crippen molar-refractivity contribution < 1.29 is 23.8 Å². The van der Waals surface area contributed by atoms with Crippen LogP contribution in [-0.4, -0.2) is 62.9 Å². The Bertz CT molecular complexity index is 1170. The smallest absolute Gasteiger partial charge is 0.271 e. The predicted molar refractivity (Wildman–Crippen MR) is 125 cm³/mol. The molecule has 0 spiro atoms. The molecule has 0 radical (unpaired) electrons. The van der Waals surface area contributed by atoms with Crippen molar-refractivity contribution in [2.45, 2.75) is 0 Å². The van der Waals surface area contributed by atoms with Crippen LogP contribution in [0.25, 0.3) is 10.8 Å². The first-order valence-corrected chi connectivity index (χ1v) is 10.6. The van der Waals surface area contributed by atoms with E-state index in [4.69, 9.17) is 14.2 Å². The lowest BCUT2D eigenvalue weighted by atomic mass is 10.1. The third kappa shape index (κ3) is 5.67. The van der Waals surface area contributed by atoms with E-state index in [1.165, 1.54) is 13.3 Å². The van der Waals surface area contributed by atoms with E-state index in [1.54, 1.807) is 29.2 Å². The first kappa shape index (κ1) is 22.3. The van der Waals surface area contributed by atoms with Crippen molar-refractivity contribution in [1.82, 2.24) is 10.3 Å². The largest absolute Gasteiger partial charge is 0.493 e. The monoisotopic (exact) mass is 447 g/mol. The Hall–Kier alpha value is -3.91. The summed E-state index contributed by atoms with van der Waals surface area (Å²) >= 11 is 0. The van der Waals surface area contributed by atoms with E-state index < -0.39 is 0 Å². The Labute approximate surface area is 191 Å². The molecule has 8 heteroatoms. The van der Waals surface area contributed by atoms with Crippen LogP contribution < -0.4 is 14.9 Å². The highest BCUT2D eigenvalue weighted by molar-refractivity contribution is 5.99. The summed E-state index contributed by atoms with van der Waals surface area (Å²) in [5.74, 6) is 0.527. The van der Waals surface area contributed by atoms with Crippen LogP contribution in [0.15, 0.2) is 65.8 Å². The van der Waals surface area contributed by atoms with Crippen LogP contribution in [-0.2, 0) is 9.53 Å². The Morgan fingerprint density at radius 1 is 1.03 bits per heavy atom. The number of morpholine rings is 1. The van der Waals surface area contributed by atoms with E-state index in [-0.39, 0.29) is 18.4 Å². The molecule has 0 bridgehead atoms. The lowest BCUT2D eigenvalue weighted by molar-refractivity contribution is -0.137.